The number of sulfonamides is 2. The molecule has 0 radical (unpaired) electrons. The number of aromatic amines is 1. The summed E-state index contributed by atoms with van der Waals surface area (Å²) in [6.07, 6.45) is 6.15. The number of hydrogen-bond acceptors (Lipinski definition) is 19. The molecule has 2 spiro atoms. The van der Waals surface area contributed by atoms with E-state index in [4.69, 9.17) is 19.9 Å². The topological polar surface area (TPSA) is 263 Å². The molecular weight excluding hydrogens is 1210 g/mol. The van der Waals surface area contributed by atoms with E-state index in [1.807, 2.05) is 13.1 Å². The molecule has 0 bridgehead atoms. The Bertz CT molecular complexity index is 3550. The SMILES string of the molecule is CN1CCC2(C1)CN(S(=O)(=O)c1nc(Br)nn1COCC[Si](C)(C)C)C2.CN1CCC2(C1)CN(S(=O)(=O)c1nc(Nc3c(-c4ccnc(OC(F)F)c4)ccc4c3CCO4)n[nH]1)C2.Nc1c(-c2ccnc(OC(F)F)c2)ccc2c1CCO2. The minimum Gasteiger partial charge on any atom is -0.493 e. The third kappa shape index (κ3) is 13.6. The van der Waals surface area contributed by atoms with Crippen LogP contribution in [-0.4, -0.2) is 183 Å². The van der Waals surface area contributed by atoms with Crippen LogP contribution >= 0.6 is 15.9 Å². The van der Waals surface area contributed by atoms with Gasteiger partial charge < -0.3 is 44.5 Å². The Kier molecular flexibility index (Phi) is 17.5. The molecule has 6 aliphatic heterocycles. The molecule has 4 N–H and O–H groups in total. The highest BCUT2D eigenvalue weighted by Crippen LogP contribution is 2.45. The molecule has 0 amide bonds. The highest BCUT2D eigenvalue weighted by atomic mass is 79.9. The average molecular weight is 1280 g/mol. The van der Waals surface area contributed by atoms with Crippen molar-refractivity contribution in [3.05, 3.63) is 76.8 Å². The Morgan fingerprint density at radius 3 is 1.86 bits per heavy atom. The number of hydrogen-bond donors (Lipinski definition) is 3. The Hall–Kier alpha value is -6.06. The van der Waals surface area contributed by atoms with Crippen molar-refractivity contribution in [3.8, 4) is 45.5 Å². The van der Waals surface area contributed by atoms with Gasteiger partial charge in [0.2, 0.25) is 22.4 Å². The second-order valence-electron chi connectivity index (χ2n) is 22.8. The number of nitrogen functional groups attached to an aromatic ring is 1. The Morgan fingerprint density at radius 1 is 0.759 bits per heavy atom. The number of nitrogens with one attached hydrogen (secondary N) is 2. The van der Waals surface area contributed by atoms with Crippen LogP contribution in [-0.2, 0) is 44.4 Å². The maximum Gasteiger partial charge on any atom is 0.388 e. The number of halogens is 5. The van der Waals surface area contributed by atoms with Crippen LogP contribution in [0.1, 0.15) is 24.0 Å². The lowest BCUT2D eigenvalue weighted by atomic mass is 9.81. The van der Waals surface area contributed by atoms with E-state index >= 15 is 0 Å². The number of alkyl halides is 4. The second-order valence-corrected chi connectivity index (χ2v) is 32.8. The molecule has 2 aromatic carbocycles. The summed E-state index contributed by atoms with van der Waals surface area (Å²) < 4.78 is 132. The molecule has 0 atom stereocenters. The van der Waals surface area contributed by atoms with Gasteiger partial charge in [-0.3, -0.25) is 0 Å². The number of nitrogens with two attached hydrogens (primary N) is 1. The van der Waals surface area contributed by atoms with Gasteiger partial charge in [0.1, 0.15) is 18.2 Å². The molecule has 12 rings (SSSR count). The van der Waals surface area contributed by atoms with Crippen LogP contribution in [0.25, 0.3) is 22.3 Å². The highest BCUT2D eigenvalue weighted by molar-refractivity contribution is 9.10. The number of likely N-dealkylation sites (tertiary alicyclic amines) is 2. The number of pyridine rings is 2. The molecule has 0 saturated carbocycles. The van der Waals surface area contributed by atoms with Gasteiger partial charge in [0.15, 0.2) is 0 Å². The predicted octanol–water partition coefficient (Wildman–Crippen LogP) is 7.02. The number of H-pyrrole nitrogens is 1. The lowest BCUT2D eigenvalue weighted by Gasteiger charge is -2.46. The van der Waals surface area contributed by atoms with Crippen LogP contribution in [0.4, 0.5) is 34.9 Å². The van der Waals surface area contributed by atoms with Crippen molar-refractivity contribution in [1.29, 1.82) is 0 Å². The van der Waals surface area contributed by atoms with E-state index < -0.39 is 41.3 Å². The molecule has 6 aliphatic rings. The van der Waals surface area contributed by atoms with Crippen molar-refractivity contribution >= 4 is 61.4 Å². The van der Waals surface area contributed by atoms with Crippen molar-refractivity contribution in [2.45, 2.75) is 81.6 Å². The molecule has 0 aliphatic carbocycles. The molecule has 6 aromatic rings. The Morgan fingerprint density at radius 2 is 1.30 bits per heavy atom. The summed E-state index contributed by atoms with van der Waals surface area (Å²) in [7, 11) is -4.54. The number of fused-ring (bicyclic) bond motifs is 2. The summed E-state index contributed by atoms with van der Waals surface area (Å²) in [5, 5.41) is 13.6. The van der Waals surface area contributed by atoms with Gasteiger partial charge in [-0.1, -0.05) is 19.6 Å². The molecule has 4 fully saturated rings. The number of anilines is 3. The summed E-state index contributed by atoms with van der Waals surface area (Å²) in [6, 6.07) is 14.4. The summed E-state index contributed by atoms with van der Waals surface area (Å²) in [5.74, 6) is 1.16. The fourth-order valence-electron chi connectivity index (χ4n) is 11.1. The number of benzene rings is 2. The van der Waals surface area contributed by atoms with Gasteiger partial charge >= 0.3 is 13.2 Å². The van der Waals surface area contributed by atoms with Gasteiger partial charge in [-0.15, -0.1) is 10.2 Å². The van der Waals surface area contributed by atoms with E-state index in [2.05, 4.69) is 102 Å². The van der Waals surface area contributed by atoms with Crippen molar-refractivity contribution in [1.82, 2.24) is 58.3 Å². The van der Waals surface area contributed by atoms with Crippen LogP contribution in [0.2, 0.25) is 25.7 Å². The predicted molar refractivity (Wildman–Crippen MR) is 304 cm³/mol. The summed E-state index contributed by atoms with van der Waals surface area (Å²) in [5.41, 5.74) is 11.9. The van der Waals surface area contributed by atoms with Crippen LogP contribution in [0, 0.1) is 10.8 Å². The Labute approximate surface area is 487 Å². The zero-order valence-corrected chi connectivity index (χ0v) is 50.5. The van der Waals surface area contributed by atoms with Gasteiger partial charge in [0.05, 0.1) is 18.9 Å². The lowest BCUT2D eigenvalue weighted by Crippen LogP contribution is -2.59. The van der Waals surface area contributed by atoms with Crippen molar-refractivity contribution in [3.63, 3.8) is 0 Å². The Balaban J connectivity index is 0.000000147. The van der Waals surface area contributed by atoms with Crippen LogP contribution < -0.4 is 30.0 Å². The summed E-state index contributed by atoms with van der Waals surface area (Å²) in [6.45, 7) is 8.57. The molecule has 83 heavy (non-hydrogen) atoms. The van der Waals surface area contributed by atoms with E-state index in [-0.39, 0.29) is 50.3 Å². The van der Waals surface area contributed by atoms with E-state index in [9.17, 15) is 34.4 Å². The maximum absolute atomic E-state index is 13.2. The van der Waals surface area contributed by atoms with Crippen LogP contribution in [0.5, 0.6) is 23.3 Å². The third-order valence-electron chi connectivity index (χ3n) is 15.3. The fourth-order valence-corrected chi connectivity index (χ4v) is 15.5. The van der Waals surface area contributed by atoms with Gasteiger partial charge in [-0.25, -0.2) is 36.6 Å². The number of rotatable bonds is 17. The normalized spacial score (nSPS) is 18.4. The second kappa shape index (κ2) is 24.1. The molecule has 448 valence electrons. The van der Waals surface area contributed by atoms with E-state index in [1.54, 1.807) is 30.3 Å². The number of nitrogens with zero attached hydrogens (tertiary/aromatic N) is 11. The molecule has 23 nitrogen and oxygen atoms in total. The molecule has 4 saturated heterocycles. The molecular formula is C52H65BrF4N14O9S2Si. The first-order valence-electron chi connectivity index (χ1n) is 26.8. The molecule has 4 aromatic heterocycles. The lowest BCUT2D eigenvalue weighted by molar-refractivity contribution is -0.0535. The smallest absolute Gasteiger partial charge is 0.388 e. The van der Waals surface area contributed by atoms with Gasteiger partial charge in [-0.05, 0) is 110 Å². The minimum absolute atomic E-state index is 0.0137. The third-order valence-corrected chi connectivity index (χ3v) is 20.6. The number of ether oxygens (including phenoxy) is 5. The maximum atomic E-state index is 13.2. The van der Waals surface area contributed by atoms with E-state index in [0.717, 1.165) is 73.9 Å². The number of aromatic nitrogens is 8. The zero-order valence-electron chi connectivity index (χ0n) is 46.3. The van der Waals surface area contributed by atoms with Crippen LogP contribution in [0.3, 0.4) is 0 Å². The first-order chi connectivity index (χ1) is 39.4. The monoisotopic (exact) mass is 1280 g/mol. The van der Waals surface area contributed by atoms with Gasteiger partial charge in [0.25, 0.3) is 30.4 Å². The largest absolute Gasteiger partial charge is 0.493 e. The first-order valence-corrected chi connectivity index (χ1v) is 34.2. The average Bonchev–Trinajstić information content (AvgIpc) is 4.40. The molecule has 31 heteroatoms. The van der Waals surface area contributed by atoms with Crippen molar-refractivity contribution < 1.29 is 58.1 Å². The standard InChI is InChI=1S/C23H25F2N7O4S.C15H28BrN5O3SSi.C14H12F2N2O2/c1-31-8-6-23(11-31)12-32(13-23)37(33,34)22-28-21(29-30-22)27-19-15(2-3-17-16(19)5-9-35-17)14-4-7-26-18(10-14)36-20(24)25;1-19-6-5-15(9-19)10-20(11-15)25(22,23)14-17-13(16)18-21(14)12-24-7-8-26(2,3)4;15-14(16)20-12-7-8(3-5-18-12)9-1-2-11-10(13(9)17)4-6-19-11/h2-4,7,10,20H,5-6,8-9,11-13H2,1H3,(H2,27,28,29,30);5-12H2,1-4H3;1-3,5,7,14H,4,6,17H2. The minimum atomic E-state index is -3.82. The van der Waals surface area contributed by atoms with Gasteiger partial charge in [0, 0.05) is 130 Å². The summed E-state index contributed by atoms with van der Waals surface area (Å²) >= 11 is 3.19. The zero-order chi connectivity index (χ0) is 59.1. The van der Waals surface area contributed by atoms with Gasteiger partial charge in [-0.2, -0.15) is 36.1 Å². The quantitative estimate of drug-likeness (QED) is 0.0358. The van der Waals surface area contributed by atoms with Crippen LogP contribution in [0.15, 0.2) is 76.0 Å². The highest BCUT2D eigenvalue weighted by Gasteiger charge is 2.53. The molecule has 10 heterocycles. The first kappa shape index (κ1) is 60.1. The van der Waals surface area contributed by atoms with E-state index in [0.29, 0.717) is 86.2 Å². The van der Waals surface area contributed by atoms with Crippen molar-refractivity contribution in [2.75, 3.05) is 97.3 Å². The molecule has 0 unspecified atom stereocenters. The fraction of sp³-hybridized carbons (Fsp3) is 0.500. The summed E-state index contributed by atoms with van der Waals surface area (Å²) in [4.78, 5) is 20.4. The van der Waals surface area contributed by atoms with Crippen molar-refractivity contribution in [2.24, 2.45) is 10.8 Å². The van der Waals surface area contributed by atoms with E-state index in [1.165, 1.54) is 37.8 Å².